The Kier molecular flexibility index (Phi) is 8.15. The van der Waals surface area contributed by atoms with E-state index < -0.39 is 18.3 Å². The van der Waals surface area contributed by atoms with Crippen molar-refractivity contribution in [1.82, 2.24) is 0 Å². The van der Waals surface area contributed by atoms with Gasteiger partial charge in [0.1, 0.15) is 0 Å². The standard InChI is InChI=1S/C17H11.2C6H11.C5H5.CH2.2ClH.Zr/c1-3-7-14-12(5-1)9-10-16-15-8-4-2-6-13(15)11-17(14)16;2*1-6-4-2-3-5-6;1-2-4-5-3-1;;;;/h1-6,8-10H,11H2;2*6H,1-5H2;1-3H,4H2;1H2;2*1H;. The predicted octanol–water partition coefficient (Wildman–Crippen LogP) is 10.1. The fourth-order valence-electron chi connectivity index (χ4n) is 9.06. The van der Waals surface area contributed by atoms with Crippen LogP contribution in [-0.2, 0) is 24.7 Å². The van der Waals surface area contributed by atoms with E-state index in [0.29, 0.717) is 0 Å². The summed E-state index contributed by atoms with van der Waals surface area (Å²) in [6.07, 6.45) is 21.0. The summed E-state index contributed by atoms with van der Waals surface area (Å²) in [5, 5.41) is 3.06. The van der Waals surface area contributed by atoms with E-state index in [0.717, 1.165) is 24.7 Å². The Bertz CT molecular complexity index is 1440. The van der Waals surface area contributed by atoms with Crippen LogP contribution in [0, 0.1) is 11.8 Å². The van der Waals surface area contributed by atoms with Crippen LogP contribution in [0.2, 0.25) is 8.26 Å². The maximum absolute atomic E-state index is 5.71. The third kappa shape index (κ3) is 4.50. The van der Waals surface area contributed by atoms with Crippen LogP contribution in [0.5, 0.6) is 0 Å². The molecule has 0 aromatic heterocycles. The number of allylic oxidation sites excluding steroid dienone is 4. The van der Waals surface area contributed by atoms with Crippen molar-refractivity contribution in [3.8, 4) is 11.1 Å². The molecule has 7 rings (SSSR count). The molecule has 0 amide bonds. The molecule has 0 radical (unpaired) electrons. The van der Waals surface area contributed by atoms with Gasteiger partial charge in [0, 0.05) is 0 Å². The number of hydrogen-bond acceptors (Lipinski definition) is 0. The molecule has 3 heteroatoms. The van der Waals surface area contributed by atoms with Gasteiger partial charge in [0.15, 0.2) is 0 Å². The fraction of sp³-hybridized carbons (Fsp3) is 0.400. The van der Waals surface area contributed by atoms with Crippen LogP contribution in [0.3, 0.4) is 0 Å². The SMILES string of the molecule is Cl.Cl.[CH2]=[Zr]([CH2]C1CCCC1)([CH2]C1CCCC1)([C]1=CC=CC1)[c]1cccc2ccc3c(c12)Cc1ccccc1-3. The fourth-order valence-corrected chi connectivity index (χ4v) is 28.1. The van der Waals surface area contributed by atoms with Crippen molar-refractivity contribution in [3.05, 3.63) is 87.2 Å². The first-order valence-electron chi connectivity index (χ1n) is 14.7. The molecule has 3 aromatic rings. The molecule has 0 atom stereocenters. The van der Waals surface area contributed by atoms with E-state index in [-0.39, 0.29) is 24.8 Å². The molecule has 38 heavy (non-hydrogen) atoms. The summed E-state index contributed by atoms with van der Waals surface area (Å²) in [4.78, 5) is 0. The van der Waals surface area contributed by atoms with Crippen LogP contribution >= 0.6 is 24.8 Å². The van der Waals surface area contributed by atoms with Crippen molar-refractivity contribution >= 4 is 43.1 Å². The molecule has 0 bridgehead atoms. The monoisotopic (exact) mass is 622 g/mol. The summed E-state index contributed by atoms with van der Waals surface area (Å²) >= 11 is -3.91. The van der Waals surface area contributed by atoms with Gasteiger partial charge in [-0.25, -0.2) is 0 Å². The summed E-state index contributed by atoms with van der Waals surface area (Å²) < 4.78 is 12.1. The topological polar surface area (TPSA) is 0 Å². The first kappa shape index (κ1) is 28.3. The first-order valence-corrected chi connectivity index (χ1v) is 22.3. The van der Waals surface area contributed by atoms with Gasteiger partial charge >= 0.3 is 219 Å². The molecular formula is C35H42Cl2Zr. The van der Waals surface area contributed by atoms with Gasteiger partial charge in [-0.1, -0.05) is 0 Å². The predicted molar refractivity (Wildman–Crippen MR) is 169 cm³/mol. The van der Waals surface area contributed by atoms with E-state index in [1.165, 1.54) is 81.7 Å². The Morgan fingerprint density at radius 3 is 2.08 bits per heavy atom. The molecule has 3 aromatic carbocycles. The van der Waals surface area contributed by atoms with Crippen LogP contribution < -0.4 is 3.27 Å². The van der Waals surface area contributed by atoms with Gasteiger partial charge in [-0.15, -0.1) is 24.8 Å². The average molecular weight is 625 g/mol. The Hall–Kier alpha value is -1.27. The summed E-state index contributed by atoms with van der Waals surface area (Å²) in [5.41, 5.74) is 6.03. The Morgan fingerprint density at radius 2 is 1.42 bits per heavy atom. The van der Waals surface area contributed by atoms with Crippen molar-refractivity contribution in [3.63, 3.8) is 0 Å². The Balaban J connectivity index is 0.00000147. The molecule has 0 nitrogen and oxygen atoms in total. The third-order valence-corrected chi connectivity index (χ3v) is 27.9. The Labute approximate surface area is 242 Å². The summed E-state index contributed by atoms with van der Waals surface area (Å²) in [6, 6.07) is 21.3. The third-order valence-electron chi connectivity index (χ3n) is 10.7. The van der Waals surface area contributed by atoms with E-state index in [1.54, 1.807) is 17.5 Å². The number of halogens is 2. The zero-order chi connectivity index (χ0) is 24.2. The van der Waals surface area contributed by atoms with Crippen LogP contribution in [0.1, 0.15) is 68.9 Å². The van der Waals surface area contributed by atoms with Crippen LogP contribution in [0.25, 0.3) is 21.9 Å². The Morgan fingerprint density at radius 1 is 0.737 bits per heavy atom. The second-order valence-corrected chi connectivity index (χ2v) is 27.2. The van der Waals surface area contributed by atoms with E-state index >= 15 is 0 Å². The van der Waals surface area contributed by atoms with Crippen molar-refractivity contribution in [2.75, 3.05) is 0 Å². The van der Waals surface area contributed by atoms with Crippen LogP contribution in [-0.4, -0.2) is 4.21 Å². The molecule has 0 aliphatic heterocycles. The van der Waals surface area contributed by atoms with E-state index in [4.69, 9.17) is 4.21 Å². The maximum atomic E-state index is 5.71. The quantitative estimate of drug-likeness (QED) is 0.200. The molecule has 2 fully saturated rings. The molecule has 2 saturated carbocycles. The van der Waals surface area contributed by atoms with Gasteiger partial charge in [0.2, 0.25) is 0 Å². The van der Waals surface area contributed by atoms with Gasteiger partial charge in [-0.3, -0.25) is 0 Å². The van der Waals surface area contributed by atoms with Crippen molar-refractivity contribution in [2.45, 2.75) is 72.5 Å². The minimum absolute atomic E-state index is 0. The van der Waals surface area contributed by atoms with Gasteiger partial charge < -0.3 is 0 Å². The van der Waals surface area contributed by atoms with Gasteiger partial charge in [0.25, 0.3) is 0 Å². The second kappa shape index (κ2) is 11.0. The second-order valence-electron chi connectivity index (χ2n) is 12.8. The van der Waals surface area contributed by atoms with Crippen LogP contribution in [0.15, 0.2) is 76.1 Å². The molecule has 4 aliphatic carbocycles. The molecule has 0 heterocycles. The zero-order valence-electron chi connectivity index (χ0n) is 22.6. The normalized spacial score (nSPS) is 19.2. The van der Waals surface area contributed by atoms with Crippen LogP contribution in [0.4, 0.5) is 0 Å². The van der Waals surface area contributed by atoms with Gasteiger partial charge in [0.05, 0.1) is 0 Å². The van der Waals surface area contributed by atoms with E-state index in [2.05, 4.69) is 72.8 Å². The number of hydrogen-bond donors (Lipinski definition) is 0. The molecule has 200 valence electrons. The van der Waals surface area contributed by atoms with E-state index in [9.17, 15) is 0 Å². The number of benzene rings is 3. The summed E-state index contributed by atoms with van der Waals surface area (Å²) in [7, 11) is 0. The van der Waals surface area contributed by atoms with Crippen molar-refractivity contribution in [2.24, 2.45) is 11.8 Å². The van der Waals surface area contributed by atoms with Gasteiger partial charge in [-0.2, -0.15) is 0 Å². The molecule has 0 spiro atoms. The summed E-state index contributed by atoms with van der Waals surface area (Å²) in [5.74, 6) is 1.75. The zero-order valence-corrected chi connectivity index (χ0v) is 26.7. The number of fused-ring (bicyclic) bond motifs is 5. The molecular weight excluding hydrogens is 583 g/mol. The summed E-state index contributed by atoms with van der Waals surface area (Å²) in [6.45, 7) is 0. The number of rotatable bonds is 6. The first-order chi connectivity index (χ1) is 17.6. The molecule has 0 unspecified atom stereocenters. The molecule has 0 N–H and O–H groups in total. The molecule has 4 aliphatic rings. The average Bonchev–Trinajstić information content (AvgIpc) is 3.71. The van der Waals surface area contributed by atoms with E-state index in [1.807, 2.05) is 0 Å². The van der Waals surface area contributed by atoms with Crippen molar-refractivity contribution < 1.29 is 18.3 Å². The minimum atomic E-state index is -3.91. The molecule has 0 saturated heterocycles. The van der Waals surface area contributed by atoms with Gasteiger partial charge in [-0.05, 0) is 0 Å². The van der Waals surface area contributed by atoms with Crippen molar-refractivity contribution in [1.29, 1.82) is 0 Å².